The molecular weight excluding hydrogens is 238 g/mol. The summed E-state index contributed by atoms with van der Waals surface area (Å²) in [6, 6.07) is 11.3. The zero-order valence-corrected chi connectivity index (χ0v) is 11.1. The molecule has 0 amide bonds. The Bertz CT molecular complexity index is 564. The molecule has 0 saturated carbocycles. The van der Waals surface area contributed by atoms with E-state index in [0.717, 1.165) is 16.9 Å². The number of hydrogen-bond donors (Lipinski definition) is 2. The molecular formula is C15H17N3O. The monoisotopic (exact) mass is 255 g/mol. The van der Waals surface area contributed by atoms with Crippen LogP contribution in [0.4, 0.5) is 5.82 Å². The summed E-state index contributed by atoms with van der Waals surface area (Å²) in [7, 11) is 1.80. The van der Waals surface area contributed by atoms with Crippen molar-refractivity contribution in [2.24, 2.45) is 0 Å². The van der Waals surface area contributed by atoms with Gasteiger partial charge in [-0.15, -0.1) is 0 Å². The van der Waals surface area contributed by atoms with Crippen LogP contribution in [-0.4, -0.2) is 24.4 Å². The van der Waals surface area contributed by atoms with Crippen molar-refractivity contribution in [1.82, 2.24) is 4.98 Å². The summed E-state index contributed by atoms with van der Waals surface area (Å²) in [6.07, 6.45) is 1.71. The summed E-state index contributed by atoms with van der Waals surface area (Å²) < 4.78 is 5.40. The molecule has 0 saturated heterocycles. The summed E-state index contributed by atoms with van der Waals surface area (Å²) in [4.78, 5) is 4.21. The fourth-order valence-corrected chi connectivity index (χ4v) is 1.85. The molecule has 2 aromatic rings. The van der Waals surface area contributed by atoms with E-state index in [9.17, 15) is 0 Å². The van der Waals surface area contributed by atoms with E-state index < -0.39 is 0 Å². The van der Waals surface area contributed by atoms with E-state index >= 15 is 0 Å². The van der Waals surface area contributed by atoms with Crippen molar-refractivity contribution in [2.45, 2.75) is 6.92 Å². The van der Waals surface area contributed by atoms with Crippen LogP contribution in [0.15, 0.2) is 42.6 Å². The maximum absolute atomic E-state index is 8.27. The number of benzene rings is 1. The highest BCUT2D eigenvalue weighted by atomic mass is 16.5. The Morgan fingerprint density at radius 2 is 2.00 bits per heavy atom. The number of nitrogens with one attached hydrogen (secondary N) is 2. The summed E-state index contributed by atoms with van der Waals surface area (Å²) in [5.74, 6) is 1.53. The molecule has 0 aliphatic heterocycles. The van der Waals surface area contributed by atoms with Crippen molar-refractivity contribution in [3.05, 3.63) is 53.7 Å². The minimum absolute atomic E-state index is 0.445. The Morgan fingerprint density at radius 1 is 1.26 bits per heavy atom. The third kappa shape index (κ3) is 2.91. The second kappa shape index (κ2) is 6.00. The van der Waals surface area contributed by atoms with Gasteiger partial charge in [-0.2, -0.15) is 0 Å². The van der Waals surface area contributed by atoms with Gasteiger partial charge in [0.1, 0.15) is 11.6 Å². The van der Waals surface area contributed by atoms with E-state index in [1.165, 1.54) is 0 Å². The van der Waals surface area contributed by atoms with Gasteiger partial charge in [-0.3, -0.25) is 5.41 Å². The van der Waals surface area contributed by atoms with Crippen molar-refractivity contribution in [1.29, 1.82) is 5.41 Å². The molecule has 0 fully saturated rings. The normalized spacial score (nSPS) is 10.0. The zero-order chi connectivity index (χ0) is 13.7. The molecule has 0 spiro atoms. The van der Waals surface area contributed by atoms with Gasteiger partial charge in [-0.25, -0.2) is 4.98 Å². The largest absolute Gasteiger partial charge is 0.494 e. The van der Waals surface area contributed by atoms with E-state index in [-0.39, 0.29) is 0 Å². The Hall–Kier alpha value is -2.36. The second-order valence-corrected chi connectivity index (χ2v) is 3.98. The lowest BCUT2D eigenvalue weighted by atomic mass is 10.0. The van der Waals surface area contributed by atoms with Crippen molar-refractivity contribution in [3.8, 4) is 5.75 Å². The Morgan fingerprint density at radius 3 is 2.63 bits per heavy atom. The fraction of sp³-hybridized carbons (Fsp3) is 0.200. The first kappa shape index (κ1) is 13.1. The minimum Gasteiger partial charge on any atom is -0.494 e. The number of anilines is 1. The number of pyridine rings is 1. The first-order chi connectivity index (χ1) is 9.26. The van der Waals surface area contributed by atoms with Crippen LogP contribution >= 0.6 is 0 Å². The Kier molecular flexibility index (Phi) is 4.13. The third-order valence-electron chi connectivity index (χ3n) is 2.77. The van der Waals surface area contributed by atoms with Crippen LogP contribution in [-0.2, 0) is 0 Å². The number of nitrogens with zero attached hydrogens (tertiary/aromatic N) is 1. The van der Waals surface area contributed by atoms with Crippen molar-refractivity contribution in [2.75, 3.05) is 19.0 Å². The quantitative estimate of drug-likeness (QED) is 0.808. The molecule has 0 aliphatic rings. The van der Waals surface area contributed by atoms with Gasteiger partial charge in [-0.05, 0) is 43.3 Å². The Balaban J connectivity index is 2.28. The minimum atomic E-state index is 0.445. The fourth-order valence-electron chi connectivity index (χ4n) is 1.85. The SMILES string of the molecule is CCOc1ccc(C(=N)c2cccnc2NC)cc1. The molecule has 0 unspecified atom stereocenters. The van der Waals surface area contributed by atoms with Gasteiger partial charge in [0.25, 0.3) is 0 Å². The van der Waals surface area contributed by atoms with E-state index in [2.05, 4.69) is 10.3 Å². The van der Waals surface area contributed by atoms with E-state index in [0.29, 0.717) is 18.1 Å². The van der Waals surface area contributed by atoms with E-state index in [1.807, 2.05) is 43.3 Å². The zero-order valence-electron chi connectivity index (χ0n) is 11.1. The standard InChI is InChI=1S/C15H17N3O/c1-3-19-12-8-6-11(7-9-12)14(16)13-5-4-10-18-15(13)17-2/h4-10,16H,3H2,1-2H3,(H,17,18). The number of aromatic nitrogens is 1. The highest BCUT2D eigenvalue weighted by Crippen LogP contribution is 2.18. The lowest BCUT2D eigenvalue weighted by Crippen LogP contribution is -2.07. The van der Waals surface area contributed by atoms with Crippen LogP contribution < -0.4 is 10.1 Å². The molecule has 0 radical (unpaired) electrons. The van der Waals surface area contributed by atoms with Gasteiger partial charge in [0.2, 0.25) is 0 Å². The Labute approximate surface area is 113 Å². The van der Waals surface area contributed by atoms with Gasteiger partial charge in [0, 0.05) is 24.4 Å². The summed E-state index contributed by atoms with van der Waals surface area (Å²) in [6.45, 7) is 2.59. The van der Waals surface area contributed by atoms with Crippen molar-refractivity contribution in [3.63, 3.8) is 0 Å². The van der Waals surface area contributed by atoms with Gasteiger partial charge < -0.3 is 10.1 Å². The molecule has 19 heavy (non-hydrogen) atoms. The number of ether oxygens (including phenoxy) is 1. The summed E-state index contributed by atoms with van der Waals surface area (Å²) >= 11 is 0. The van der Waals surface area contributed by atoms with Crippen LogP contribution in [0.25, 0.3) is 0 Å². The van der Waals surface area contributed by atoms with Crippen molar-refractivity contribution >= 4 is 11.5 Å². The number of hydrogen-bond acceptors (Lipinski definition) is 4. The maximum atomic E-state index is 8.27. The van der Waals surface area contributed by atoms with E-state index in [4.69, 9.17) is 10.1 Å². The van der Waals surface area contributed by atoms with Crippen LogP contribution in [0.1, 0.15) is 18.1 Å². The molecule has 2 rings (SSSR count). The second-order valence-electron chi connectivity index (χ2n) is 3.98. The third-order valence-corrected chi connectivity index (χ3v) is 2.77. The highest BCUT2D eigenvalue weighted by molar-refractivity contribution is 6.13. The first-order valence-electron chi connectivity index (χ1n) is 6.21. The number of rotatable bonds is 5. The average molecular weight is 255 g/mol. The lowest BCUT2D eigenvalue weighted by molar-refractivity contribution is 0.340. The highest BCUT2D eigenvalue weighted by Gasteiger charge is 2.09. The lowest BCUT2D eigenvalue weighted by Gasteiger charge is -2.10. The molecule has 1 aromatic heterocycles. The van der Waals surface area contributed by atoms with Gasteiger partial charge in [0.15, 0.2) is 0 Å². The molecule has 1 heterocycles. The van der Waals surface area contributed by atoms with E-state index in [1.54, 1.807) is 13.2 Å². The van der Waals surface area contributed by atoms with Crippen LogP contribution in [0.2, 0.25) is 0 Å². The van der Waals surface area contributed by atoms with Gasteiger partial charge in [-0.1, -0.05) is 0 Å². The molecule has 4 nitrogen and oxygen atoms in total. The molecule has 4 heteroatoms. The molecule has 98 valence electrons. The van der Waals surface area contributed by atoms with Crippen molar-refractivity contribution < 1.29 is 4.74 Å². The van der Waals surface area contributed by atoms with Crippen LogP contribution in [0, 0.1) is 5.41 Å². The smallest absolute Gasteiger partial charge is 0.135 e. The summed E-state index contributed by atoms with van der Waals surface area (Å²) in [5, 5.41) is 11.3. The van der Waals surface area contributed by atoms with Crippen LogP contribution in [0.3, 0.4) is 0 Å². The predicted molar refractivity (Wildman–Crippen MR) is 77.3 cm³/mol. The molecule has 0 atom stereocenters. The molecule has 2 N–H and O–H groups in total. The van der Waals surface area contributed by atoms with Crippen LogP contribution in [0.5, 0.6) is 5.75 Å². The van der Waals surface area contributed by atoms with Gasteiger partial charge in [0.05, 0.1) is 12.3 Å². The summed E-state index contributed by atoms with van der Waals surface area (Å²) in [5.41, 5.74) is 2.07. The molecule has 0 bridgehead atoms. The molecule has 0 aliphatic carbocycles. The first-order valence-corrected chi connectivity index (χ1v) is 6.21. The predicted octanol–water partition coefficient (Wildman–Crippen LogP) is 2.94. The van der Waals surface area contributed by atoms with Gasteiger partial charge >= 0.3 is 0 Å². The molecule has 1 aromatic carbocycles. The maximum Gasteiger partial charge on any atom is 0.135 e. The average Bonchev–Trinajstić information content (AvgIpc) is 2.47. The topological polar surface area (TPSA) is 58.0 Å².